The van der Waals surface area contributed by atoms with Crippen LogP contribution >= 0.6 is 0 Å². The van der Waals surface area contributed by atoms with Crippen LogP contribution in [-0.2, 0) is 28.0 Å². The Morgan fingerprint density at radius 1 is 0.912 bits per heavy atom. The van der Waals surface area contributed by atoms with Gasteiger partial charge < -0.3 is 10.1 Å². The van der Waals surface area contributed by atoms with E-state index in [0.717, 1.165) is 22.4 Å². The first-order chi connectivity index (χ1) is 16.4. The van der Waals surface area contributed by atoms with Gasteiger partial charge in [0.05, 0.1) is 4.90 Å². The number of hydrogen-bond donors (Lipinski definition) is 1. The lowest BCUT2D eigenvalue weighted by Gasteiger charge is -2.30. The molecule has 1 N–H and O–H groups in total. The van der Waals surface area contributed by atoms with Crippen molar-refractivity contribution in [3.63, 3.8) is 0 Å². The van der Waals surface area contributed by atoms with Crippen molar-refractivity contribution in [1.29, 1.82) is 0 Å². The average Bonchev–Trinajstić information content (AvgIpc) is 2.87. The van der Waals surface area contributed by atoms with Crippen LogP contribution in [0.25, 0.3) is 0 Å². The van der Waals surface area contributed by atoms with Crippen molar-refractivity contribution >= 4 is 15.9 Å². The second-order valence-corrected chi connectivity index (χ2v) is 10.5. The summed E-state index contributed by atoms with van der Waals surface area (Å²) in [5, 5.41) is 3.04. The summed E-state index contributed by atoms with van der Waals surface area (Å²) in [5.41, 5.74) is 3.04. The van der Waals surface area contributed by atoms with Gasteiger partial charge in [0.2, 0.25) is 15.9 Å². The number of hydrogen-bond acceptors (Lipinski definition) is 4. The smallest absolute Gasteiger partial charge is 0.243 e. The average molecular weight is 479 g/mol. The highest BCUT2D eigenvalue weighted by Gasteiger charge is 2.32. The number of aryl methyl sites for hydroxylation is 1. The molecule has 1 fully saturated rings. The van der Waals surface area contributed by atoms with E-state index in [1.807, 2.05) is 61.5 Å². The molecule has 1 aliphatic rings. The third-order valence-corrected chi connectivity index (χ3v) is 8.11. The molecule has 7 heteroatoms. The fourth-order valence-corrected chi connectivity index (χ4v) is 5.56. The summed E-state index contributed by atoms with van der Waals surface area (Å²) in [6.45, 7) is 3.45. The number of nitrogens with one attached hydrogen (secondary N) is 1. The Morgan fingerprint density at radius 3 is 2.21 bits per heavy atom. The summed E-state index contributed by atoms with van der Waals surface area (Å²) in [6.07, 6.45) is 1.02. The van der Waals surface area contributed by atoms with E-state index < -0.39 is 10.0 Å². The first-order valence-electron chi connectivity index (χ1n) is 11.5. The summed E-state index contributed by atoms with van der Waals surface area (Å²) in [4.78, 5) is 13.1. The fourth-order valence-electron chi connectivity index (χ4n) is 4.09. The lowest BCUT2D eigenvalue weighted by molar-refractivity contribution is -0.126. The number of carbonyl (C=O) groups is 1. The minimum absolute atomic E-state index is 0.0360. The second kappa shape index (κ2) is 10.8. The number of sulfonamides is 1. The molecule has 0 unspecified atom stereocenters. The Morgan fingerprint density at radius 2 is 1.53 bits per heavy atom. The summed E-state index contributed by atoms with van der Waals surface area (Å²) < 4.78 is 33.2. The molecule has 34 heavy (non-hydrogen) atoms. The van der Waals surface area contributed by atoms with Gasteiger partial charge in [0.25, 0.3) is 0 Å². The van der Waals surface area contributed by atoms with Crippen LogP contribution in [0, 0.1) is 12.8 Å². The van der Waals surface area contributed by atoms with Gasteiger partial charge >= 0.3 is 0 Å². The molecule has 1 saturated heterocycles. The molecule has 3 aromatic rings. The number of carbonyl (C=O) groups excluding carboxylic acids is 1. The Balaban J connectivity index is 1.30. The van der Waals surface area contributed by atoms with E-state index in [2.05, 4.69) is 5.32 Å². The number of ether oxygens (including phenoxy) is 1. The van der Waals surface area contributed by atoms with Gasteiger partial charge in [-0.25, -0.2) is 8.42 Å². The first kappa shape index (κ1) is 24.0. The van der Waals surface area contributed by atoms with Gasteiger partial charge in [-0.05, 0) is 55.2 Å². The molecule has 0 bridgehead atoms. The Hall–Kier alpha value is -3.16. The van der Waals surface area contributed by atoms with Crippen molar-refractivity contribution in [2.24, 2.45) is 5.92 Å². The van der Waals surface area contributed by atoms with Crippen molar-refractivity contribution in [3.05, 3.63) is 95.6 Å². The predicted molar refractivity (Wildman–Crippen MR) is 132 cm³/mol. The monoisotopic (exact) mass is 478 g/mol. The molecule has 1 amide bonds. The second-order valence-electron chi connectivity index (χ2n) is 8.58. The lowest BCUT2D eigenvalue weighted by atomic mass is 9.97. The molecule has 0 spiro atoms. The van der Waals surface area contributed by atoms with Crippen molar-refractivity contribution < 1.29 is 17.9 Å². The number of rotatable bonds is 8. The summed E-state index contributed by atoms with van der Waals surface area (Å²) in [7, 11) is -3.53. The molecule has 3 aromatic carbocycles. The van der Waals surface area contributed by atoms with Gasteiger partial charge in [-0.15, -0.1) is 0 Å². The van der Waals surface area contributed by atoms with Crippen LogP contribution in [0.5, 0.6) is 5.75 Å². The first-order valence-corrected chi connectivity index (χ1v) is 13.0. The maximum atomic E-state index is 12.9. The fraction of sp³-hybridized carbons (Fsp3) is 0.296. The number of benzene rings is 3. The normalized spacial score (nSPS) is 15.1. The summed E-state index contributed by atoms with van der Waals surface area (Å²) >= 11 is 0. The van der Waals surface area contributed by atoms with Gasteiger partial charge in [-0.3, -0.25) is 4.79 Å². The third kappa shape index (κ3) is 5.85. The van der Waals surface area contributed by atoms with Crippen LogP contribution in [0.4, 0.5) is 0 Å². The molecule has 0 saturated carbocycles. The highest BCUT2D eigenvalue weighted by atomic mass is 32.2. The quantitative estimate of drug-likeness (QED) is 0.524. The number of amides is 1. The largest absolute Gasteiger partial charge is 0.489 e. The van der Waals surface area contributed by atoms with Gasteiger partial charge in [0.1, 0.15) is 12.4 Å². The number of nitrogens with zero attached hydrogens (tertiary/aromatic N) is 1. The molecule has 0 aliphatic carbocycles. The summed E-state index contributed by atoms with van der Waals surface area (Å²) in [6, 6.07) is 24.4. The molecular formula is C27H30N2O4S. The standard InChI is InChI=1S/C27H30N2O4S/c1-21-11-13-26(14-12-21)34(31,32)29-17-15-22(16-18-29)27(30)28-19-23-7-5-6-8-24(23)20-33-25-9-3-2-4-10-25/h2-14,22H,15-20H2,1H3,(H,28,30). The van der Waals surface area contributed by atoms with Crippen molar-refractivity contribution in [2.45, 2.75) is 37.8 Å². The molecule has 1 aliphatic heterocycles. The molecule has 0 aromatic heterocycles. The Bertz CT molecular complexity index is 1200. The zero-order valence-corrected chi connectivity index (χ0v) is 20.1. The van der Waals surface area contributed by atoms with E-state index in [1.165, 1.54) is 4.31 Å². The topological polar surface area (TPSA) is 75.7 Å². The van der Waals surface area contributed by atoms with Gasteiger partial charge in [0, 0.05) is 25.6 Å². The molecule has 1 heterocycles. The van der Waals surface area contributed by atoms with E-state index >= 15 is 0 Å². The van der Waals surface area contributed by atoms with Crippen molar-refractivity contribution in [1.82, 2.24) is 9.62 Å². The van der Waals surface area contributed by atoms with Crippen LogP contribution in [0.15, 0.2) is 83.8 Å². The van der Waals surface area contributed by atoms with E-state index in [1.54, 1.807) is 24.3 Å². The Kier molecular flexibility index (Phi) is 7.65. The van der Waals surface area contributed by atoms with E-state index in [9.17, 15) is 13.2 Å². The zero-order chi connectivity index (χ0) is 24.0. The molecule has 0 atom stereocenters. The van der Waals surface area contributed by atoms with Crippen molar-refractivity contribution in [2.75, 3.05) is 13.1 Å². The van der Waals surface area contributed by atoms with Crippen LogP contribution in [-0.4, -0.2) is 31.7 Å². The van der Waals surface area contributed by atoms with E-state index in [4.69, 9.17) is 4.74 Å². The van der Waals surface area contributed by atoms with Crippen molar-refractivity contribution in [3.8, 4) is 5.75 Å². The van der Waals surface area contributed by atoms with Gasteiger partial charge in [-0.2, -0.15) is 4.31 Å². The maximum Gasteiger partial charge on any atom is 0.243 e. The lowest BCUT2D eigenvalue weighted by Crippen LogP contribution is -2.42. The highest BCUT2D eigenvalue weighted by Crippen LogP contribution is 2.24. The predicted octanol–water partition coefficient (Wildman–Crippen LogP) is 4.29. The minimum Gasteiger partial charge on any atom is -0.489 e. The highest BCUT2D eigenvalue weighted by molar-refractivity contribution is 7.89. The third-order valence-electron chi connectivity index (χ3n) is 6.19. The van der Waals surface area contributed by atoms with Crippen LogP contribution in [0.3, 0.4) is 0 Å². The van der Waals surface area contributed by atoms with E-state index in [0.29, 0.717) is 44.0 Å². The molecule has 0 radical (unpaired) electrons. The Labute approximate surface area is 201 Å². The van der Waals surface area contributed by atoms with Crippen LogP contribution in [0.1, 0.15) is 29.5 Å². The minimum atomic E-state index is -3.53. The molecular weight excluding hydrogens is 448 g/mol. The molecule has 4 rings (SSSR count). The van der Waals surface area contributed by atoms with Gasteiger partial charge in [-0.1, -0.05) is 60.2 Å². The molecule has 178 valence electrons. The van der Waals surface area contributed by atoms with Gasteiger partial charge in [0.15, 0.2) is 0 Å². The molecule has 6 nitrogen and oxygen atoms in total. The van der Waals surface area contributed by atoms with Crippen LogP contribution in [0.2, 0.25) is 0 Å². The number of piperidine rings is 1. The number of para-hydroxylation sites is 1. The van der Waals surface area contributed by atoms with E-state index in [-0.39, 0.29) is 11.8 Å². The zero-order valence-electron chi connectivity index (χ0n) is 19.3. The SMILES string of the molecule is Cc1ccc(S(=O)(=O)N2CCC(C(=O)NCc3ccccc3COc3ccccc3)CC2)cc1. The van der Waals surface area contributed by atoms with Crippen LogP contribution < -0.4 is 10.1 Å². The summed E-state index contributed by atoms with van der Waals surface area (Å²) in [5.74, 6) is 0.567. The maximum absolute atomic E-state index is 12.9.